The second-order valence-corrected chi connectivity index (χ2v) is 4.41. The Kier molecular flexibility index (Phi) is 3.54. The standard InChI is InChI=1S/C13H20N2O2/c1-3-16-13-5-9-4-8(2)17-12(9)6-10(13)11(15)7-14/h5-6,8,11H,3-4,7,14-15H2,1-2H3/t8?,11-/m0/s1. The molecule has 4 heteroatoms. The Morgan fingerprint density at radius 1 is 1.53 bits per heavy atom. The summed E-state index contributed by atoms with van der Waals surface area (Å²) in [6.07, 6.45) is 1.15. The fourth-order valence-electron chi connectivity index (χ4n) is 2.15. The van der Waals surface area contributed by atoms with Gasteiger partial charge in [0.1, 0.15) is 17.6 Å². The van der Waals surface area contributed by atoms with E-state index in [4.69, 9.17) is 20.9 Å². The van der Waals surface area contributed by atoms with Gasteiger partial charge in [0.2, 0.25) is 0 Å². The molecule has 1 aromatic carbocycles. The van der Waals surface area contributed by atoms with E-state index in [1.165, 1.54) is 5.56 Å². The molecule has 2 atom stereocenters. The van der Waals surface area contributed by atoms with Crippen LogP contribution in [-0.4, -0.2) is 19.3 Å². The average Bonchev–Trinajstić information content (AvgIpc) is 2.66. The van der Waals surface area contributed by atoms with Crippen molar-refractivity contribution in [2.75, 3.05) is 13.2 Å². The molecule has 0 radical (unpaired) electrons. The third kappa shape index (κ3) is 2.37. The Morgan fingerprint density at radius 2 is 2.29 bits per heavy atom. The van der Waals surface area contributed by atoms with Crippen molar-refractivity contribution in [2.24, 2.45) is 11.5 Å². The van der Waals surface area contributed by atoms with Crippen LogP contribution in [0.3, 0.4) is 0 Å². The van der Waals surface area contributed by atoms with Crippen molar-refractivity contribution >= 4 is 0 Å². The summed E-state index contributed by atoms with van der Waals surface area (Å²) in [6, 6.07) is 3.80. The van der Waals surface area contributed by atoms with Crippen LogP contribution in [0.2, 0.25) is 0 Å². The van der Waals surface area contributed by atoms with Gasteiger partial charge in [-0.2, -0.15) is 0 Å². The van der Waals surface area contributed by atoms with E-state index in [1.807, 2.05) is 19.1 Å². The summed E-state index contributed by atoms with van der Waals surface area (Å²) < 4.78 is 11.4. The smallest absolute Gasteiger partial charge is 0.124 e. The van der Waals surface area contributed by atoms with Gasteiger partial charge in [-0.3, -0.25) is 0 Å². The number of hydrogen-bond acceptors (Lipinski definition) is 4. The van der Waals surface area contributed by atoms with Gasteiger partial charge in [0.15, 0.2) is 0 Å². The van der Waals surface area contributed by atoms with Crippen LogP contribution in [-0.2, 0) is 6.42 Å². The molecule has 0 bridgehead atoms. The van der Waals surface area contributed by atoms with Gasteiger partial charge < -0.3 is 20.9 Å². The van der Waals surface area contributed by atoms with Crippen LogP contribution in [0.15, 0.2) is 12.1 Å². The minimum Gasteiger partial charge on any atom is -0.494 e. The quantitative estimate of drug-likeness (QED) is 0.828. The molecule has 0 spiro atoms. The van der Waals surface area contributed by atoms with Gasteiger partial charge in [-0.25, -0.2) is 0 Å². The van der Waals surface area contributed by atoms with Crippen LogP contribution in [0.25, 0.3) is 0 Å². The van der Waals surface area contributed by atoms with E-state index in [2.05, 4.69) is 6.92 Å². The summed E-state index contributed by atoms with van der Waals surface area (Å²) in [6.45, 7) is 5.04. The summed E-state index contributed by atoms with van der Waals surface area (Å²) in [4.78, 5) is 0. The van der Waals surface area contributed by atoms with Crippen LogP contribution in [0.5, 0.6) is 11.5 Å². The van der Waals surface area contributed by atoms with Crippen molar-refractivity contribution < 1.29 is 9.47 Å². The Morgan fingerprint density at radius 3 is 2.94 bits per heavy atom. The van der Waals surface area contributed by atoms with Crippen LogP contribution < -0.4 is 20.9 Å². The number of rotatable bonds is 4. The van der Waals surface area contributed by atoms with E-state index in [0.29, 0.717) is 13.2 Å². The third-order valence-corrected chi connectivity index (χ3v) is 2.98. The molecule has 17 heavy (non-hydrogen) atoms. The summed E-state index contributed by atoms with van der Waals surface area (Å²) in [7, 11) is 0. The molecular weight excluding hydrogens is 216 g/mol. The molecule has 0 saturated heterocycles. The third-order valence-electron chi connectivity index (χ3n) is 2.98. The van der Waals surface area contributed by atoms with Crippen LogP contribution >= 0.6 is 0 Å². The molecular formula is C13H20N2O2. The molecule has 0 aromatic heterocycles. The molecule has 1 aromatic rings. The molecule has 1 heterocycles. The van der Waals surface area contributed by atoms with Crippen LogP contribution in [0.4, 0.5) is 0 Å². The average molecular weight is 236 g/mol. The van der Waals surface area contributed by atoms with Crippen LogP contribution in [0.1, 0.15) is 31.0 Å². The maximum atomic E-state index is 5.99. The first kappa shape index (κ1) is 12.2. The molecule has 94 valence electrons. The van der Waals surface area contributed by atoms with Crippen molar-refractivity contribution in [2.45, 2.75) is 32.4 Å². The molecule has 4 N–H and O–H groups in total. The Hall–Kier alpha value is -1.26. The van der Waals surface area contributed by atoms with Crippen molar-refractivity contribution in [3.63, 3.8) is 0 Å². The van der Waals surface area contributed by atoms with Crippen molar-refractivity contribution in [3.05, 3.63) is 23.3 Å². The maximum Gasteiger partial charge on any atom is 0.124 e. The Labute approximate surface area is 102 Å². The maximum absolute atomic E-state index is 5.99. The summed E-state index contributed by atoms with van der Waals surface area (Å²) in [5.74, 6) is 1.75. The lowest BCUT2D eigenvalue weighted by atomic mass is 10.0. The molecule has 1 aliphatic rings. The fraction of sp³-hybridized carbons (Fsp3) is 0.538. The molecule has 1 aliphatic heterocycles. The highest BCUT2D eigenvalue weighted by Crippen LogP contribution is 2.36. The molecule has 0 fully saturated rings. The highest BCUT2D eigenvalue weighted by atomic mass is 16.5. The van der Waals surface area contributed by atoms with Gasteiger partial charge in [0.05, 0.1) is 6.61 Å². The first-order chi connectivity index (χ1) is 8.15. The van der Waals surface area contributed by atoms with Crippen molar-refractivity contribution in [1.29, 1.82) is 0 Å². The van der Waals surface area contributed by atoms with Gasteiger partial charge in [0, 0.05) is 30.1 Å². The Bertz CT molecular complexity index is 407. The lowest BCUT2D eigenvalue weighted by Crippen LogP contribution is -2.21. The largest absolute Gasteiger partial charge is 0.494 e. The number of hydrogen-bond donors (Lipinski definition) is 2. The number of ether oxygens (including phenoxy) is 2. The molecule has 1 unspecified atom stereocenters. The minimum atomic E-state index is -0.207. The second kappa shape index (κ2) is 4.94. The predicted molar refractivity (Wildman–Crippen MR) is 67.4 cm³/mol. The Balaban J connectivity index is 2.39. The summed E-state index contributed by atoms with van der Waals surface area (Å²) in [5.41, 5.74) is 13.7. The summed E-state index contributed by atoms with van der Waals surface area (Å²) >= 11 is 0. The van der Waals surface area contributed by atoms with Gasteiger partial charge in [-0.15, -0.1) is 0 Å². The molecule has 0 saturated carbocycles. The molecule has 0 aliphatic carbocycles. The highest BCUT2D eigenvalue weighted by Gasteiger charge is 2.23. The summed E-state index contributed by atoms with van der Waals surface area (Å²) in [5, 5.41) is 0. The van der Waals surface area contributed by atoms with Gasteiger partial charge >= 0.3 is 0 Å². The van der Waals surface area contributed by atoms with Gasteiger partial charge in [-0.1, -0.05) is 0 Å². The zero-order valence-electron chi connectivity index (χ0n) is 10.4. The minimum absolute atomic E-state index is 0.207. The zero-order chi connectivity index (χ0) is 12.4. The highest BCUT2D eigenvalue weighted by molar-refractivity contribution is 5.50. The first-order valence-electron chi connectivity index (χ1n) is 6.07. The topological polar surface area (TPSA) is 70.5 Å². The van der Waals surface area contributed by atoms with E-state index in [0.717, 1.165) is 23.5 Å². The van der Waals surface area contributed by atoms with Gasteiger partial charge in [-0.05, 0) is 26.0 Å². The lowest BCUT2D eigenvalue weighted by molar-refractivity contribution is 0.254. The second-order valence-electron chi connectivity index (χ2n) is 4.41. The van der Waals surface area contributed by atoms with Gasteiger partial charge in [0.25, 0.3) is 0 Å². The number of fused-ring (bicyclic) bond motifs is 1. The SMILES string of the molecule is CCOc1cc2c(cc1[C@@H](N)CN)OC(C)C2. The number of nitrogens with two attached hydrogens (primary N) is 2. The van der Waals surface area contributed by atoms with E-state index in [1.54, 1.807) is 0 Å². The fourth-order valence-corrected chi connectivity index (χ4v) is 2.15. The monoisotopic (exact) mass is 236 g/mol. The first-order valence-corrected chi connectivity index (χ1v) is 6.07. The van der Waals surface area contributed by atoms with E-state index >= 15 is 0 Å². The number of benzene rings is 1. The van der Waals surface area contributed by atoms with Crippen LogP contribution in [0, 0.1) is 0 Å². The molecule has 2 rings (SSSR count). The predicted octanol–water partition coefficient (Wildman–Crippen LogP) is 1.37. The lowest BCUT2D eigenvalue weighted by Gasteiger charge is -2.16. The van der Waals surface area contributed by atoms with E-state index in [-0.39, 0.29) is 12.1 Å². The van der Waals surface area contributed by atoms with Crippen molar-refractivity contribution in [1.82, 2.24) is 0 Å². The van der Waals surface area contributed by atoms with E-state index < -0.39 is 0 Å². The van der Waals surface area contributed by atoms with Crippen molar-refractivity contribution in [3.8, 4) is 11.5 Å². The zero-order valence-corrected chi connectivity index (χ0v) is 10.4. The molecule has 4 nitrogen and oxygen atoms in total. The van der Waals surface area contributed by atoms with E-state index in [9.17, 15) is 0 Å². The molecule has 0 amide bonds. The normalized spacial score (nSPS) is 19.6.